The highest BCUT2D eigenvalue weighted by Crippen LogP contribution is 2.29. The highest BCUT2D eigenvalue weighted by molar-refractivity contribution is 9.10. The molecule has 33 heavy (non-hydrogen) atoms. The lowest BCUT2D eigenvalue weighted by molar-refractivity contribution is -0.143. The van der Waals surface area contributed by atoms with Crippen molar-refractivity contribution in [1.29, 1.82) is 0 Å². The number of amides is 2. The van der Waals surface area contributed by atoms with Crippen LogP contribution in [0.4, 0.5) is 0 Å². The van der Waals surface area contributed by atoms with Crippen molar-refractivity contribution >= 4 is 27.7 Å². The van der Waals surface area contributed by atoms with Crippen LogP contribution in [0, 0.1) is 6.92 Å². The lowest BCUT2D eigenvalue weighted by Gasteiger charge is -2.30. The van der Waals surface area contributed by atoms with Crippen molar-refractivity contribution < 1.29 is 14.3 Å². The minimum absolute atomic E-state index is 0.117. The second kappa shape index (κ2) is 13.4. The number of halogens is 1. The number of hydrogen-bond donors (Lipinski definition) is 1. The molecule has 0 fully saturated rings. The van der Waals surface area contributed by atoms with Gasteiger partial charge in [0.15, 0.2) is 6.61 Å². The zero-order valence-electron chi connectivity index (χ0n) is 20.5. The van der Waals surface area contributed by atoms with Crippen LogP contribution < -0.4 is 10.1 Å². The molecule has 0 radical (unpaired) electrons. The maximum Gasteiger partial charge on any atom is 0.261 e. The van der Waals surface area contributed by atoms with Crippen molar-refractivity contribution in [2.45, 2.75) is 72.4 Å². The molecule has 0 bridgehead atoms. The molecule has 0 saturated heterocycles. The van der Waals surface area contributed by atoms with E-state index in [0.29, 0.717) is 31.2 Å². The summed E-state index contributed by atoms with van der Waals surface area (Å²) in [5, 5.41) is 2.98. The summed E-state index contributed by atoms with van der Waals surface area (Å²) in [6.07, 6.45) is 2.45. The lowest BCUT2D eigenvalue weighted by Crippen LogP contribution is -2.50. The Morgan fingerprint density at radius 3 is 2.36 bits per heavy atom. The highest BCUT2D eigenvalue weighted by Gasteiger charge is 2.29. The van der Waals surface area contributed by atoms with Crippen LogP contribution >= 0.6 is 15.9 Å². The number of benzene rings is 2. The molecule has 2 rings (SSSR count). The monoisotopic (exact) mass is 516 g/mol. The third-order valence-electron chi connectivity index (χ3n) is 5.66. The number of ether oxygens (including phenoxy) is 1. The zero-order valence-corrected chi connectivity index (χ0v) is 22.1. The number of carbonyl (C=O) groups is 2. The molecule has 180 valence electrons. The van der Waals surface area contributed by atoms with Gasteiger partial charge in [-0.3, -0.25) is 9.59 Å². The van der Waals surface area contributed by atoms with Gasteiger partial charge < -0.3 is 15.0 Å². The van der Waals surface area contributed by atoms with E-state index in [-0.39, 0.29) is 18.4 Å². The largest absolute Gasteiger partial charge is 0.483 e. The van der Waals surface area contributed by atoms with Crippen LogP contribution in [0.25, 0.3) is 0 Å². The molecule has 0 unspecified atom stereocenters. The van der Waals surface area contributed by atoms with E-state index >= 15 is 0 Å². The minimum atomic E-state index is -0.550. The Morgan fingerprint density at radius 2 is 1.79 bits per heavy atom. The Hall–Kier alpha value is -2.34. The molecular weight excluding hydrogens is 480 g/mol. The van der Waals surface area contributed by atoms with Crippen LogP contribution in [0.15, 0.2) is 46.9 Å². The van der Waals surface area contributed by atoms with Crippen LogP contribution in [0.2, 0.25) is 0 Å². The van der Waals surface area contributed by atoms with E-state index < -0.39 is 6.04 Å². The van der Waals surface area contributed by atoms with Gasteiger partial charge in [0.2, 0.25) is 5.91 Å². The fourth-order valence-corrected chi connectivity index (χ4v) is 4.04. The number of rotatable bonds is 12. The van der Waals surface area contributed by atoms with E-state index in [0.717, 1.165) is 28.4 Å². The molecule has 0 spiro atoms. The first kappa shape index (κ1) is 26.9. The lowest BCUT2D eigenvalue weighted by atomic mass is 10.0. The second-order valence-corrected chi connectivity index (χ2v) is 9.56. The van der Waals surface area contributed by atoms with Crippen LogP contribution in [0.5, 0.6) is 5.75 Å². The summed E-state index contributed by atoms with van der Waals surface area (Å²) in [5.74, 6) is 0.684. The van der Waals surface area contributed by atoms with Crippen LogP contribution in [0.3, 0.4) is 0 Å². The van der Waals surface area contributed by atoms with Crippen molar-refractivity contribution in [1.82, 2.24) is 10.2 Å². The molecular formula is C27H37BrN2O3. The number of aryl methyl sites for hydroxylation is 1. The maximum atomic E-state index is 13.3. The van der Waals surface area contributed by atoms with Gasteiger partial charge in [-0.2, -0.15) is 0 Å². The van der Waals surface area contributed by atoms with Crippen molar-refractivity contribution in [3.8, 4) is 5.75 Å². The van der Waals surface area contributed by atoms with Gasteiger partial charge in [0.1, 0.15) is 11.8 Å². The molecule has 0 saturated carbocycles. The third-order valence-corrected chi connectivity index (χ3v) is 6.28. The first-order chi connectivity index (χ1) is 15.8. The molecule has 0 aliphatic heterocycles. The molecule has 0 heterocycles. The van der Waals surface area contributed by atoms with E-state index in [4.69, 9.17) is 4.74 Å². The SMILES string of the molecule is CCCCNC(=O)[C@@H](CC)N(Cc1ccc(C)cc1)C(=O)COc1ccc(C(C)C)cc1Br. The summed E-state index contributed by atoms with van der Waals surface area (Å²) in [7, 11) is 0. The van der Waals surface area contributed by atoms with Crippen molar-refractivity contribution in [2.24, 2.45) is 0 Å². The summed E-state index contributed by atoms with van der Waals surface area (Å²) in [6.45, 7) is 11.1. The van der Waals surface area contributed by atoms with Crippen molar-refractivity contribution in [2.75, 3.05) is 13.2 Å². The van der Waals surface area contributed by atoms with Gasteiger partial charge >= 0.3 is 0 Å². The molecule has 1 atom stereocenters. The Kier molecular flexibility index (Phi) is 10.9. The topological polar surface area (TPSA) is 58.6 Å². The first-order valence-electron chi connectivity index (χ1n) is 11.8. The van der Waals surface area contributed by atoms with Crippen molar-refractivity contribution in [3.05, 3.63) is 63.6 Å². The number of nitrogens with zero attached hydrogens (tertiary/aromatic N) is 1. The fourth-order valence-electron chi connectivity index (χ4n) is 3.53. The van der Waals surface area contributed by atoms with E-state index in [9.17, 15) is 9.59 Å². The molecule has 5 nitrogen and oxygen atoms in total. The summed E-state index contributed by atoms with van der Waals surface area (Å²) in [6, 6.07) is 13.4. The average molecular weight is 518 g/mol. The van der Waals surface area contributed by atoms with E-state index in [1.54, 1.807) is 4.90 Å². The van der Waals surface area contributed by atoms with E-state index in [1.807, 2.05) is 56.3 Å². The first-order valence-corrected chi connectivity index (χ1v) is 12.6. The van der Waals surface area contributed by atoms with Crippen molar-refractivity contribution in [3.63, 3.8) is 0 Å². The smallest absolute Gasteiger partial charge is 0.261 e. The van der Waals surface area contributed by atoms with E-state index in [1.165, 1.54) is 5.56 Å². The van der Waals surface area contributed by atoms with Gasteiger partial charge in [-0.05, 0) is 64.9 Å². The number of hydrogen-bond acceptors (Lipinski definition) is 3. The third kappa shape index (κ3) is 8.18. The summed E-state index contributed by atoms with van der Waals surface area (Å²) in [4.78, 5) is 27.9. The number of carbonyl (C=O) groups excluding carboxylic acids is 2. The highest BCUT2D eigenvalue weighted by atomic mass is 79.9. The second-order valence-electron chi connectivity index (χ2n) is 8.71. The minimum Gasteiger partial charge on any atom is -0.483 e. The molecule has 2 aromatic rings. The predicted octanol–water partition coefficient (Wildman–Crippen LogP) is 5.98. The van der Waals surface area contributed by atoms with Gasteiger partial charge in [-0.15, -0.1) is 0 Å². The Labute approximate surface area is 207 Å². The van der Waals surface area contributed by atoms with Crippen LogP contribution in [-0.2, 0) is 16.1 Å². The molecule has 1 N–H and O–H groups in total. The van der Waals surface area contributed by atoms with Gasteiger partial charge in [0, 0.05) is 13.1 Å². The predicted molar refractivity (Wildman–Crippen MR) is 137 cm³/mol. The normalized spacial score (nSPS) is 11.8. The van der Waals surface area contributed by atoms with Gasteiger partial charge in [-0.25, -0.2) is 0 Å². The molecule has 0 aliphatic carbocycles. The molecule has 2 amide bonds. The summed E-state index contributed by atoms with van der Waals surface area (Å²) < 4.78 is 6.69. The Morgan fingerprint density at radius 1 is 1.09 bits per heavy atom. The van der Waals surface area contributed by atoms with Gasteiger partial charge in [0.05, 0.1) is 4.47 Å². The quantitative estimate of drug-likeness (QED) is 0.352. The molecule has 2 aromatic carbocycles. The van der Waals surface area contributed by atoms with Crippen LogP contribution in [-0.4, -0.2) is 35.9 Å². The Bertz CT molecular complexity index is 912. The maximum absolute atomic E-state index is 13.3. The molecule has 6 heteroatoms. The van der Waals surface area contributed by atoms with E-state index in [2.05, 4.69) is 42.0 Å². The fraction of sp³-hybridized carbons (Fsp3) is 0.481. The summed E-state index contributed by atoms with van der Waals surface area (Å²) >= 11 is 3.55. The number of nitrogens with one attached hydrogen (secondary N) is 1. The summed E-state index contributed by atoms with van der Waals surface area (Å²) in [5.41, 5.74) is 3.33. The van der Waals surface area contributed by atoms with Gasteiger partial charge in [-0.1, -0.05) is 70.0 Å². The van der Waals surface area contributed by atoms with Crippen LogP contribution in [0.1, 0.15) is 69.6 Å². The zero-order chi connectivity index (χ0) is 24.4. The standard InChI is InChI=1S/C27H37BrN2O3/c1-6-8-15-29-27(32)24(7-2)30(17-21-11-9-20(5)10-12-21)26(31)18-33-25-14-13-22(19(3)4)16-23(25)28/h9-14,16,19,24H,6-8,15,17-18H2,1-5H3,(H,29,32)/t24-/m1/s1. The average Bonchev–Trinajstić information content (AvgIpc) is 2.79. The number of unbranched alkanes of at least 4 members (excludes halogenated alkanes) is 1. The Balaban J connectivity index is 2.19. The van der Waals surface area contributed by atoms with Gasteiger partial charge in [0.25, 0.3) is 5.91 Å². The molecule has 0 aromatic heterocycles. The molecule has 0 aliphatic rings.